The zero-order chi connectivity index (χ0) is 15.2. The molecule has 0 heterocycles. The molecule has 21 heavy (non-hydrogen) atoms. The standard InChI is InChI=1S/C14H16INO4S/c15-10-3-5-11(6-4-10)21(19,20)16-13-9-2-1-8(7-9)12(13)14(17)18/h3-6,8-9,12-13,16H,1-2,7H2,(H,17,18). The molecule has 2 saturated carbocycles. The van der Waals surface area contributed by atoms with Crippen LogP contribution in [0.2, 0.25) is 0 Å². The first-order valence-corrected chi connectivity index (χ1v) is 9.45. The average molecular weight is 421 g/mol. The van der Waals surface area contributed by atoms with Crippen molar-refractivity contribution in [3.63, 3.8) is 0 Å². The lowest BCUT2D eigenvalue weighted by Gasteiger charge is -2.28. The first-order valence-electron chi connectivity index (χ1n) is 6.89. The smallest absolute Gasteiger partial charge is 0.308 e. The minimum absolute atomic E-state index is 0.108. The Morgan fingerprint density at radius 2 is 1.81 bits per heavy atom. The number of carbonyl (C=O) groups is 1. The molecule has 5 nitrogen and oxygen atoms in total. The Labute approximate surface area is 137 Å². The Balaban J connectivity index is 1.85. The molecular formula is C14H16INO4S. The summed E-state index contributed by atoms with van der Waals surface area (Å²) in [4.78, 5) is 11.6. The zero-order valence-corrected chi connectivity index (χ0v) is 14.2. The Bertz CT molecular complexity index is 658. The fourth-order valence-electron chi connectivity index (χ4n) is 3.68. The van der Waals surface area contributed by atoms with E-state index >= 15 is 0 Å². The van der Waals surface area contributed by atoms with Crippen LogP contribution in [0.15, 0.2) is 29.2 Å². The maximum Gasteiger partial charge on any atom is 0.308 e. The van der Waals surface area contributed by atoms with Crippen molar-refractivity contribution in [3.8, 4) is 0 Å². The second-order valence-corrected chi connectivity index (χ2v) is 8.76. The van der Waals surface area contributed by atoms with E-state index in [9.17, 15) is 18.3 Å². The van der Waals surface area contributed by atoms with Crippen molar-refractivity contribution < 1.29 is 18.3 Å². The summed E-state index contributed by atoms with van der Waals surface area (Å²) in [5.74, 6) is -1.23. The molecule has 0 saturated heterocycles. The Morgan fingerprint density at radius 3 is 2.43 bits per heavy atom. The number of rotatable bonds is 4. The van der Waals surface area contributed by atoms with Gasteiger partial charge in [-0.1, -0.05) is 0 Å². The van der Waals surface area contributed by atoms with E-state index in [4.69, 9.17) is 0 Å². The lowest BCUT2D eigenvalue weighted by molar-refractivity contribution is -0.144. The summed E-state index contributed by atoms with van der Waals surface area (Å²) in [5.41, 5.74) is 0. The number of nitrogens with one attached hydrogen (secondary N) is 1. The van der Waals surface area contributed by atoms with Crippen LogP contribution in [-0.2, 0) is 14.8 Å². The normalized spacial score (nSPS) is 31.5. The van der Waals surface area contributed by atoms with Gasteiger partial charge in [-0.15, -0.1) is 0 Å². The van der Waals surface area contributed by atoms with Gasteiger partial charge in [0.2, 0.25) is 10.0 Å². The molecule has 0 aliphatic heterocycles. The third kappa shape index (κ3) is 2.83. The largest absolute Gasteiger partial charge is 0.481 e. The van der Waals surface area contributed by atoms with E-state index in [1.54, 1.807) is 24.3 Å². The van der Waals surface area contributed by atoms with Gasteiger partial charge in [0.25, 0.3) is 0 Å². The van der Waals surface area contributed by atoms with E-state index in [1.165, 1.54) is 0 Å². The number of carboxylic acid groups (broad SMARTS) is 1. The van der Waals surface area contributed by atoms with Crippen LogP contribution in [0.4, 0.5) is 0 Å². The Morgan fingerprint density at radius 1 is 1.19 bits per heavy atom. The van der Waals surface area contributed by atoms with Crippen LogP contribution in [0.5, 0.6) is 0 Å². The molecule has 2 bridgehead atoms. The lowest BCUT2D eigenvalue weighted by atomic mass is 9.85. The van der Waals surface area contributed by atoms with Crippen molar-refractivity contribution in [2.45, 2.75) is 30.2 Å². The number of halogens is 1. The molecule has 2 aliphatic carbocycles. The topological polar surface area (TPSA) is 83.5 Å². The molecule has 0 radical (unpaired) electrons. The molecule has 2 fully saturated rings. The minimum Gasteiger partial charge on any atom is -0.481 e. The van der Waals surface area contributed by atoms with Crippen LogP contribution in [0.1, 0.15) is 19.3 Å². The molecule has 0 amide bonds. The summed E-state index contributed by atoms with van der Waals surface area (Å²) in [5, 5.41) is 9.37. The SMILES string of the molecule is O=C(O)C1C2CCC(C2)C1NS(=O)(=O)c1ccc(I)cc1. The fraction of sp³-hybridized carbons (Fsp3) is 0.500. The van der Waals surface area contributed by atoms with Gasteiger partial charge in [0.1, 0.15) is 0 Å². The molecule has 1 aromatic carbocycles. The molecule has 0 spiro atoms. The number of aliphatic carboxylic acids is 1. The van der Waals surface area contributed by atoms with Crippen LogP contribution in [-0.4, -0.2) is 25.5 Å². The summed E-state index contributed by atoms with van der Waals surface area (Å²) < 4.78 is 28.5. The van der Waals surface area contributed by atoms with Gasteiger partial charge in [0, 0.05) is 9.61 Å². The fourth-order valence-corrected chi connectivity index (χ4v) is 5.36. The highest BCUT2D eigenvalue weighted by atomic mass is 127. The van der Waals surface area contributed by atoms with Crippen molar-refractivity contribution >= 4 is 38.6 Å². The van der Waals surface area contributed by atoms with Crippen LogP contribution in [0.3, 0.4) is 0 Å². The zero-order valence-electron chi connectivity index (χ0n) is 11.2. The molecular weight excluding hydrogens is 405 g/mol. The number of hydrogen-bond donors (Lipinski definition) is 2. The van der Waals surface area contributed by atoms with Gasteiger partial charge in [-0.05, 0) is 78.0 Å². The van der Waals surface area contributed by atoms with E-state index in [0.29, 0.717) is 0 Å². The molecule has 0 aromatic heterocycles. The summed E-state index contributed by atoms with van der Waals surface area (Å²) >= 11 is 2.11. The summed E-state index contributed by atoms with van der Waals surface area (Å²) in [6.45, 7) is 0. The van der Waals surface area contributed by atoms with Gasteiger partial charge >= 0.3 is 5.97 Å². The van der Waals surface area contributed by atoms with E-state index in [2.05, 4.69) is 27.3 Å². The average Bonchev–Trinajstić information content (AvgIpc) is 2.99. The highest BCUT2D eigenvalue weighted by molar-refractivity contribution is 14.1. The summed E-state index contributed by atoms with van der Waals surface area (Å²) in [6.07, 6.45) is 2.62. The number of fused-ring (bicyclic) bond motifs is 2. The quantitative estimate of drug-likeness (QED) is 0.730. The van der Waals surface area contributed by atoms with Gasteiger partial charge in [0.05, 0.1) is 10.8 Å². The van der Waals surface area contributed by atoms with E-state index in [-0.39, 0.29) is 16.7 Å². The molecule has 114 valence electrons. The predicted molar refractivity (Wildman–Crippen MR) is 85.2 cm³/mol. The molecule has 2 aliphatic rings. The van der Waals surface area contributed by atoms with E-state index < -0.39 is 28.0 Å². The van der Waals surface area contributed by atoms with Crippen LogP contribution in [0.25, 0.3) is 0 Å². The number of carboxylic acids is 1. The third-order valence-electron chi connectivity index (χ3n) is 4.62. The summed E-state index contributed by atoms with van der Waals surface area (Å²) in [6, 6.07) is 6.07. The van der Waals surface area contributed by atoms with Gasteiger partial charge in [-0.3, -0.25) is 4.79 Å². The molecule has 4 unspecified atom stereocenters. The Hall–Kier alpha value is -0.670. The van der Waals surface area contributed by atoms with Crippen LogP contribution in [0, 0.1) is 21.3 Å². The molecule has 1 aromatic rings. The lowest BCUT2D eigenvalue weighted by Crippen LogP contribution is -2.46. The van der Waals surface area contributed by atoms with Gasteiger partial charge in [-0.2, -0.15) is 0 Å². The summed E-state index contributed by atoms with van der Waals surface area (Å²) in [7, 11) is -3.67. The number of sulfonamides is 1. The van der Waals surface area contributed by atoms with Crippen molar-refractivity contribution in [2.75, 3.05) is 0 Å². The first kappa shape index (κ1) is 15.2. The van der Waals surface area contributed by atoms with Gasteiger partial charge in [-0.25, -0.2) is 13.1 Å². The third-order valence-corrected chi connectivity index (χ3v) is 6.81. The van der Waals surface area contributed by atoms with Crippen LogP contribution >= 0.6 is 22.6 Å². The van der Waals surface area contributed by atoms with Crippen molar-refractivity contribution in [1.29, 1.82) is 0 Å². The minimum atomic E-state index is -3.67. The van der Waals surface area contributed by atoms with E-state index in [1.807, 2.05) is 0 Å². The number of benzene rings is 1. The molecule has 4 atom stereocenters. The van der Waals surface area contributed by atoms with Crippen molar-refractivity contribution in [1.82, 2.24) is 4.72 Å². The van der Waals surface area contributed by atoms with Gasteiger partial charge in [0.15, 0.2) is 0 Å². The van der Waals surface area contributed by atoms with Crippen molar-refractivity contribution in [3.05, 3.63) is 27.8 Å². The molecule has 2 N–H and O–H groups in total. The maximum atomic E-state index is 12.4. The second kappa shape index (κ2) is 5.51. The van der Waals surface area contributed by atoms with Crippen LogP contribution < -0.4 is 4.72 Å². The second-order valence-electron chi connectivity index (χ2n) is 5.80. The first-order chi connectivity index (χ1) is 9.88. The number of hydrogen-bond acceptors (Lipinski definition) is 3. The molecule has 3 rings (SSSR count). The highest BCUT2D eigenvalue weighted by Crippen LogP contribution is 2.48. The van der Waals surface area contributed by atoms with Gasteiger partial charge < -0.3 is 5.11 Å². The highest BCUT2D eigenvalue weighted by Gasteiger charge is 2.52. The maximum absolute atomic E-state index is 12.4. The monoisotopic (exact) mass is 421 g/mol. The Kier molecular flexibility index (Phi) is 4.00. The van der Waals surface area contributed by atoms with E-state index in [0.717, 1.165) is 22.8 Å². The predicted octanol–water partition coefficient (Wildman–Crippen LogP) is 2.07. The van der Waals surface area contributed by atoms with Crippen molar-refractivity contribution in [2.24, 2.45) is 17.8 Å². The molecule has 7 heteroatoms.